The van der Waals surface area contributed by atoms with E-state index < -0.39 is 0 Å². The molecule has 1 saturated heterocycles. The molecule has 2 N–H and O–H groups in total. The van der Waals surface area contributed by atoms with Gasteiger partial charge in [0.25, 0.3) is 0 Å². The molecular weight excluding hydrogens is 310 g/mol. The van der Waals surface area contributed by atoms with Gasteiger partial charge in [-0.1, -0.05) is 13.8 Å². The number of hydrogen-bond acceptors (Lipinski definition) is 4. The highest BCUT2D eigenvalue weighted by Crippen LogP contribution is 2.52. The predicted molar refractivity (Wildman–Crippen MR) is 92.7 cm³/mol. The molecule has 1 aromatic rings. The molecule has 2 amide bonds. The van der Waals surface area contributed by atoms with Crippen molar-refractivity contribution in [3.05, 3.63) is 22.4 Å². The second-order valence-electron chi connectivity index (χ2n) is 7.43. The average Bonchev–Trinajstić information content (AvgIpc) is 3.15. The number of urea groups is 1. The SMILES string of the molecule is CN(C)[C@H](CNC(=O)N[C@@H]1[C@@H]2CCO[C@@H]2C1(C)C)c1ccsc1. The molecule has 5 nitrogen and oxygen atoms in total. The molecule has 0 radical (unpaired) electrons. The molecule has 128 valence electrons. The van der Waals surface area contributed by atoms with Crippen molar-refractivity contribution in [1.82, 2.24) is 15.5 Å². The summed E-state index contributed by atoms with van der Waals surface area (Å²) in [6.45, 7) is 5.78. The molecule has 2 fully saturated rings. The zero-order valence-corrected chi connectivity index (χ0v) is 15.2. The fourth-order valence-electron chi connectivity index (χ4n) is 4.06. The lowest BCUT2D eigenvalue weighted by molar-refractivity contribution is -0.108. The summed E-state index contributed by atoms with van der Waals surface area (Å²) in [5.41, 5.74) is 1.26. The lowest BCUT2D eigenvalue weighted by atomic mass is 9.57. The van der Waals surface area contributed by atoms with Crippen molar-refractivity contribution in [2.75, 3.05) is 27.2 Å². The second kappa shape index (κ2) is 6.42. The van der Waals surface area contributed by atoms with Crippen molar-refractivity contribution in [2.24, 2.45) is 11.3 Å². The van der Waals surface area contributed by atoms with E-state index in [2.05, 4.69) is 46.2 Å². The highest BCUT2D eigenvalue weighted by Gasteiger charge is 2.59. The van der Waals surface area contributed by atoms with Crippen LogP contribution in [0.25, 0.3) is 0 Å². The van der Waals surface area contributed by atoms with Gasteiger partial charge in [0.05, 0.1) is 12.1 Å². The predicted octanol–water partition coefficient (Wildman–Crippen LogP) is 2.46. The summed E-state index contributed by atoms with van der Waals surface area (Å²) in [4.78, 5) is 14.5. The van der Waals surface area contributed by atoms with Gasteiger partial charge in [-0.3, -0.25) is 0 Å². The summed E-state index contributed by atoms with van der Waals surface area (Å²) in [6, 6.07) is 2.44. The Hall–Kier alpha value is -1.11. The van der Waals surface area contributed by atoms with Crippen molar-refractivity contribution < 1.29 is 9.53 Å². The van der Waals surface area contributed by atoms with E-state index in [1.54, 1.807) is 11.3 Å². The lowest BCUT2D eigenvalue weighted by Gasteiger charge is -2.54. The van der Waals surface area contributed by atoms with Crippen LogP contribution in [-0.2, 0) is 4.74 Å². The van der Waals surface area contributed by atoms with Crippen LogP contribution < -0.4 is 10.6 Å². The first-order valence-corrected chi connectivity index (χ1v) is 9.20. The Labute approximate surface area is 142 Å². The number of rotatable bonds is 5. The third-order valence-corrected chi connectivity index (χ3v) is 6.10. The molecule has 0 bridgehead atoms. The van der Waals surface area contributed by atoms with Crippen LogP contribution in [0, 0.1) is 11.3 Å². The van der Waals surface area contributed by atoms with E-state index in [1.807, 2.05) is 14.1 Å². The average molecular weight is 337 g/mol. The molecule has 1 aliphatic heterocycles. The topological polar surface area (TPSA) is 53.6 Å². The van der Waals surface area contributed by atoms with Crippen molar-refractivity contribution >= 4 is 17.4 Å². The molecular formula is C17H27N3O2S. The number of thiophene rings is 1. The van der Waals surface area contributed by atoms with Gasteiger partial charge in [0, 0.05) is 30.5 Å². The Kier molecular flexibility index (Phi) is 4.67. The molecule has 0 unspecified atom stereocenters. The number of amides is 2. The number of nitrogens with one attached hydrogen (secondary N) is 2. The highest BCUT2D eigenvalue weighted by atomic mass is 32.1. The lowest BCUT2D eigenvalue weighted by Crippen LogP contribution is -2.67. The third kappa shape index (κ3) is 3.12. The maximum atomic E-state index is 12.3. The summed E-state index contributed by atoms with van der Waals surface area (Å²) in [7, 11) is 4.08. The quantitative estimate of drug-likeness (QED) is 0.868. The number of carbonyl (C=O) groups excluding carboxylic acids is 1. The van der Waals surface area contributed by atoms with Crippen LogP contribution in [-0.4, -0.2) is 50.3 Å². The van der Waals surface area contributed by atoms with Gasteiger partial charge in [0.1, 0.15) is 0 Å². The van der Waals surface area contributed by atoms with Crippen LogP contribution in [0.3, 0.4) is 0 Å². The number of hydrogen-bond donors (Lipinski definition) is 2. The molecule has 1 aliphatic carbocycles. The van der Waals surface area contributed by atoms with E-state index in [0.29, 0.717) is 18.6 Å². The molecule has 0 aromatic carbocycles. The van der Waals surface area contributed by atoms with Crippen LogP contribution in [0.5, 0.6) is 0 Å². The van der Waals surface area contributed by atoms with Crippen LogP contribution in [0.15, 0.2) is 16.8 Å². The largest absolute Gasteiger partial charge is 0.377 e. The van der Waals surface area contributed by atoms with Crippen LogP contribution in [0.1, 0.15) is 31.9 Å². The summed E-state index contributed by atoms with van der Waals surface area (Å²) >= 11 is 1.68. The summed E-state index contributed by atoms with van der Waals surface area (Å²) in [6.07, 6.45) is 1.35. The van der Waals surface area contributed by atoms with E-state index in [-0.39, 0.29) is 23.5 Å². The van der Waals surface area contributed by atoms with Gasteiger partial charge in [-0.05, 0) is 42.9 Å². The van der Waals surface area contributed by atoms with Gasteiger partial charge >= 0.3 is 6.03 Å². The van der Waals surface area contributed by atoms with Gasteiger partial charge < -0.3 is 20.3 Å². The molecule has 2 aliphatic rings. The maximum absolute atomic E-state index is 12.3. The molecule has 23 heavy (non-hydrogen) atoms. The van der Waals surface area contributed by atoms with Crippen LogP contribution >= 0.6 is 11.3 Å². The Morgan fingerprint density at radius 3 is 2.96 bits per heavy atom. The van der Waals surface area contributed by atoms with Gasteiger partial charge in [0.15, 0.2) is 0 Å². The van der Waals surface area contributed by atoms with Crippen molar-refractivity contribution in [3.8, 4) is 0 Å². The number of likely N-dealkylation sites (N-methyl/N-ethyl adjacent to an activating group) is 1. The Bertz CT molecular complexity index is 544. The van der Waals surface area contributed by atoms with E-state index in [0.717, 1.165) is 13.0 Å². The minimum atomic E-state index is -0.0736. The minimum Gasteiger partial charge on any atom is -0.377 e. The van der Waals surface area contributed by atoms with Gasteiger partial charge in [0.2, 0.25) is 0 Å². The first kappa shape index (κ1) is 16.7. The van der Waals surface area contributed by atoms with Crippen molar-refractivity contribution in [3.63, 3.8) is 0 Å². The first-order valence-electron chi connectivity index (χ1n) is 8.25. The van der Waals surface area contributed by atoms with Crippen LogP contribution in [0.2, 0.25) is 0 Å². The monoisotopic (exact) mass is 337 g/mol. The van der Waals surface area contributed by atoms with E-state index >= 15 is 0 Å². The molecule has 1 aromatic heterocycles. The van der Waals surface area contributed by atoms with Crippen molar-refractivity contribution in [2.45, 2.75) is 38.5 Å². The zero-order chi connectivity index (χ0) is 16.6. The maximum Gasteiger partial charge on any atom is 0.315 e. The zero-order valence-electron chi connectivity index (χ0n) is 14.3. The second-order valence-corrected chi connectivity index (χ2v) is 8.21. The number of fused-ring (bicyclic) bond motifs is 1. The summed E-state index contributed by atoms with van der Waals surface area (Å²) < 4.78 is 5.78. The van der Waals surface area contributed by atoms with Crippen LogP contribution in [0.4, 0.5) is 4.79 Å². The Morgan fingerprint density at radius 2 is 2.30 bits per heavy atom. The van der Waals surface area contributed by atoms with E-state index in [1.165, 1.54) is 5.56 Å². The summed E-state index contributed by atoms with van der Waals surface area (Å²) in [5, 5.41) is 10.4. The number of ether oxygens (including phenoxy) is 1. The van der Waals surface area contributed by atoms with Gasteiger partial charge in [-0.2, -0.15) is 11.3 Å². The molecule has 0 spiro atoms. The number of carbonyl (C=O) groups is 1. The third-order valence-electron chi connectivity index (χ3n) is 5.39. The smallest absolute Gasteiger partial charge is 0.315 e. The fraction of sp³-hybridized carbons (Fsp3) is 0.706. The minimum absolute atomic E-state index is 0.0206. The first-order chi connectivity index (χ1) is 10.9. The highest BCUT2D eigenvalue weighted by molar-refractivity contribution is 7.07. The molecule has 2 heterocycles. The molecule has 3 rings (SSSR count). The summed E-state index contributed by atoms with van der Waals surface area (Å²) in [5.74, 6) is 0.470. The van der Waals surface area contributed by atoms with Crippen molar-refractivity contribution in [1.29, 1.82) is 0 Å². The standard InChI is InChI=1S/C17H27N3O2S/c1-17(2)14(12-5-7-22-15(12)17)19-16(21)18-9-13(20(3)4)11-6-8-23-10-11/h6,8,10,12-15H,5,7,9H2,1-4H3,(H2,18,19,21)/t12-,13+,14+,15-/m0/s1. The molecule has 6 heteroatoms. The van der Waals surface area contributed by atoms with E-state index in [4.69, 9.17) is 4.74 Å². The van der Waals surface area contributed by atoms with E-state index in [9.17, 15) is 4.79 Å². The number of nitrogens with zero attached hydrogens (tertiary/aromatic N) is 1. The fourth-order valence-corrected chi connectivity index (χ4v) is 4.77. The normalized spacial score (nSPS) is 29.7. The Morgan fingerprint density at radius 1 is 1.52 bits per heavy atom. The molecule has 4 atom stereocenters. The van der Waals surface area contributed by atoms with Gasteiger partial charge in [-0.15, -0.1) is 0 Å². The van der Waals surface area contributed by atoms with Gasteiger partial charge in [-0.25, -0.2) is 4.79 Å². The molecule has 1 saturated carbocycles. The Balaban J connectivity index is 1.53.